The first-order valence-electron chi connectivity index (χ1n) is 2.88. The molecule has 4 heteroatoms. The summed E-state index contributed by atoms with van der Waals surface area (Å²) in [5, 5.41) is 8.95. The summed E-state index contributed by atoms with van der Waals surface area (Å²) in [5.41, 5.74) is -0.340. The van der Waals surface area contributed by atoms with E-state index in [9.17, 15) is 8.78 Å². The molecule has 0 saturated carbocycles. The van der Waals surface area contributed by atoms with Gasteiger partial charge in [0.05, 0.1) is 5.56 Å². The Labute approximate surface area is 70.8 Å². The molecule has 1 nitrogen and oxygen atoms in total. The number of phenolic OH excluding ortho intramolecular Hbond substituents is 1. The Morgan fingerprint density at radius 3 is 2.45 bits per heavy atom. The van der Waals surface area contributed by atoms with Crippen LogP contribution in [0.2, 0.25) is 0 Å². The van der Waals surface area contributed by atoms with E-state index in [1.807, 2.05) is 0 Å². The van der Waals surface area contributed by atoms with Gasteiger partial charge in [0.25, 0.3) is 6.43 Å². The Hall–Kier alpha value is -0.640. The molecule has 0 heterocycles. The van der Waals surface area contributed by atoms with Crippen LogP contribution in [-0.4, -0.2) is 5.11 Å². The van der Waals surface area contributed by atoms with Gasteiger partial charge in [0, 0.05) is 4.47 Å². The Morgan fingerprint density at radius 1 is 1.36 bits per heavy atom. The summed E-state index contributed by atoms with van der Waals surface area (Å²) in [6.07, 6.45) is -2.62. The average molecular weight is 223 g/mol. The van der Waals surface area contributed by atoms with E-state index in [2.05, 4.69) is 15.9 Å². The van der Waals surface area contributed by atoms with Crippen LogP contribution >= 0.6 is 15.9 Å². The minimum absolute atomic E-state index is 0.340. The molecule has 0 aliphatic carbocycles. The second kappa shape index (κ2) is 3.17. The molecule has 1 rings (SSSR count). The van der Waals surface area contributed by atoms with Gasteiger partial charge in [-0.1, -0.05) is 15.9 Å². The first-order chi connectivity index (χ1) is 5.11. The van der Waals surface area contributed by atoms with Crippen molar-refractivity contribution in [2.45, 2.75) is 6.43 Å². The summed E-state index contributed by atoms with van der Waals surface area (Å²) >= 11 is 3.04. The fourth-order valence-corrected chi connectivity index (χ4v) is 1.05. The van der Waals surface area contributed by atoms with Crippen LogP contribution in [-0.2, 0) is 0 Å². The first-order valence-corrected chi connectivity index (χ1v) is 3.67. The highest BCUT2D eigenvalue weighted by molar-refractivity contribution is 9.10. The van der Waals surface area contributed by atoms with Crippen LogP contribution in [0.1, 0.15) is 12.0 Å². The van der Waals surface area contributed by atoms with Gasteiger partial charge >= 0.3 is 0 Å². The number of benzene rings is 1. The van der Waals surface area contributed by atoms with Crippen LogP contribution < -0.4 is 0 Å². The van der Waals surface area contributed by atoms with Gasteiger partial charge in [0.2, 0.25) is 0 Å². The van der Waals surface area contributed by atoms with E-state index in [0.29, 0.717) is 4.47 Å². The van der Waals surface area contributed by atoms with Crippen molar-refractivity contribution in [2.24, 2.45) is 0 Å². The second-order valence-electron chi connectivity index (χ2n) is 2.00. The van der Waals surface area contributed by atoms with Gasteiger partial charge in [0.1, 0.15) is 5.75 Å². The summed E-state index contributed by atoms with van der Waals surface area (Å²) in [4.78, 5) is 0. The molecule has 60 valence electrons. The molecule has 0 atom stereocenters. The Morgan fingerprint density at radius 2 is 2.00 bits per heavy atom. The zero-order valence-corrected chi connectivity index (χ0v) is 6.98. The van der Waals surface area contributed by atoms with Crippen LogP contribution in [0.4, 0.5) is 8.78 Å². The van der Waals surface area contributed by atoms with Gasteiger partial charge in [-0.05, 0) is 18.2 Å². The van der Waals surface area contributed by atoms with Crippen molar-refractivity contribution in [3.63, 3.8) is 0 Å². The number of halogens is 3. The van der Waals surface area contributed by atoms with Crippen molar-refractivity contribution in [3.05, 3.63) is 28.2 Å². The lowest BCUT2D eigenvalue weighted by Crippen LogP contribution is -1.83. The molecular weight excluding hydrogens is 218 g/mol. The Balaban J connectivity index is 3.09. The molecule has 11 heavy (non-hydrogen) atoms. The maximum absolute atomic E-state index is 12.0. The van der Waals surface area contributed by atoms with Crippen molar-refractivity contribution >= 4 is 15.9 Å². The molecule has 0 aliphatic rings. The fraction of sp³-hybridized carbons (Fsp3) is 0.143. The van der Waals surface area contributed by atoms with Crippen LogP contribution in [0, 0.1) is 0 Å². The summed E-state index contributed by atoms with van der Waals surface area (Å²) in [5.74, 6) is -0.380. The van der Waals surface area contributed by atoms with Gasteiger partial charge < -0.3 is 5.11 Å². The van der Waals surface area contributed by atoms with Gasteiger partial charge in [-0.2, -0.15) is 0 Å². The van der Waals surface area contributed by atoms with Gasteiger partial charge in [-0.15, -0.1) is 0 Å². The zero-order chi connectivity index (χ0) is 8.43. The van der Waals surface area contributed by atoms with E-state index in [4.69, 9.17) is 5.11 Å². The Bertz CT molecular complexity index is 263. The van der Waals surface area contributed by atoms with Crippen molar-refractivity contribution in [2.75, 3.05) is 0 Å². The van der Waals surface area contributed by atoms with Gasteiger partial charge in [-0.25, -0.2) is 8.78 Å². The third-order valence-electron chi connectivity index (χ3n) is 1.23. The zero-order valence-electron chi connectivity index (χ0n) is 5.39. The van der Waals surface area contributed by atoms with Crippen LogP contribution in [0.25, 0.3) is 0 Å². The molecule has 0 aliphatic heterocycles. The van der Waals surface area contributed by atoms with Gasteiger partial charge in [0.15, 0.2) is 0 Å². The highest BCUT2D eigenvalue weighted by Crippen LogP contribution is 2.30. The maximum atomic E-state index is 12.0. The quantitative estimate of drug-likeness (QED) is 0.775. The van der Waals surface area contributed by atoms with Crippen LogP contribution in [0.3, 0.4) is 0 Å². The number of aromatic hydroxyl groups is 1. The normalized spacial score (nSPS) is 10.5. The van der Waals surface area contributed by atoms with Crippen molar-refractivity contribution in [1.82, 2.24) is 0 Å². The van der Waals surface area contributed by atoms with E-state index in [1.165, 1.54) is 18.2 Å². The minimum atomic E-state index is -2.62. The van der Waals surface area contributed by atoms with E-state index in [0.717, 1.165) is 0 Å². The van der Waals surface area contributed by atoms with Crippen LogP contribution in [0.5, 0.6) is 5.75 Å². The van der Waals surface area contributed by atoms with E-state index >= 15 is 0 Å². The number of rotatable bonds is 1. The maximum Gasteiger partial charge on any atom is 0.267 e. The minimum Gasteiger partial charge on any atom is -0.507 e. The predicted molar refractivity (Wildman–Crippen MR) is 40.8 cm³/mol. The summed E-state index contributed by atoms with van der Waals surface area (Å²) in [7, 11) is 0. The second-order valence-corrected chi connectivity index (χ2v) is 2.92. The molecule has 0 aromatic heterocycles. The number of hydrogen-bond donors (Lipinski definition) is 1. The monoisotopic (exact) mass is 222 g/mol. The molecule has 1 aromatic carbocycles. The van der Waals surface area contributed by atoms with E-state index in [-0.39, 0.29) is 11.3 Å². The molecule has 0 spiro atoms. The SMILES string of the molecule is Oc1cc(Br)ccc1C(F)F. The molecule has 0 unspecified atom stereocenters. The third-order valence-corrected chi connectivity index (χ3v) is 1.72. The van der Waals surface area contributed by atoms with Crippen LogP contribution in [0.15, 0.2) is 22.7 Å². The predicted octanol–water partition coefficient (Wildman–Crippen LogP) is 3.09. The lowest BCUT2D eigenvalue weighted by atomic mass is 10.2. The standard InChI is InChI=1S/C7H5BrF2O/c8-4-1-2-5(7(9)10)6(11)3-4/h1-3,7,11H. The largest absolute Gasteiger partial charge is 0.507 e. The average Bonchev–Trinajstić information content (AvgIpc) is 1.85. The molecule has 0 bridgehead atoms. The van der Waals surface area contributed by atoms with Crippen molar-refractivity contribution in [1.29, 1.82) is 0 Å². The molecule has 0 amide bonds. The first kappa shape index (κ1) is 8.46. The molecule has 0 fully saturated rings. The highest BCUT2D eigenvalue weighted by Gasteiger charge is 2.11. The molecule has 0 saturated heterocycles. The molecular formula is C7H5BrF2O. The van der Waals surface area contributed by atoms with Crippen molar-refractivity contribution < 1.29 is 13.9 Å². The Kier molecular flexibility index (Phi) is 2.44. The smallest absolute Gasteiger partial charge is 0.267 e. The van der Waals surface area contributed by atoms with E-state index < -0.39 is 6.43 Å². The third kappa shape index (κ3) is 1.89. The summed E-state index contributed by atoms with van der Waals surface area (Å²) in [6.45, 7) is 0. The molecule has 1 aromatic rings. The number of phenols is 1. The van der Waals surface area contributed by atoms with Gasteiger partial charge in [-0.3, -0.25) is 0 Å². The lowest BCUT2D eigenvalue weighted by Gasteiger charge is -2.01. The number of alkyl halides is 2. The molecule has 0 radical (unpaired) electrons. The summed E-state index contributed by atoms with van der Waals surface area (Å²) in [6, 6.07) is 3.88. The molecule has 1 N–H and O–H groups in total. The van der Waals surface area contributed by atoms with Crippen molar-refractivity contribution in [3.8, 4) is 5.75 Å². The number of hydrogen-bond acceptors (Lipinski definition) is 1. The lowest BCUT2D eigenvalue weighted by molar-refractivity contribution is 0.147. The topological polar surface area (TPSA) is 20.2 Å². The highest BCUT2D eigenvalue weighted by atomic mass is 79.9. The fourth-order valence-electron chi connectivity index (χ4n) is 0.701. The summed E-state index contributed by atoms with van der Waals surface area (Å²) < 4.78 is 24.6. The van der Waals surface area contributed by atoms with E-state index in [1.54, 1.807) is 0 Å².